The summed E-state index contributed by atoms with van der Waals surface area (Å²) in [5.41, 5.74) is 8.19. The smallest absolute Gasteiger partial charge is 0.225 e. The largest absolute Gasteiger partial charge is 0.341 e. The number of amides is 1. The number of carbonyl (C=O) groups is 1. The van der Waals surface area contributed by atoms with Crippen molar-refractivity contribution in [3.8, 4) is 0 Å². The SMILES string of the molecule is [N-]=[N+]=NC1CN(C(=O)C2CCCC2)C1. The van der Waals surface area contributed by atoms with Gasteiger partial charge in [0.25, 0.3) is 0 Å². The Bertz CT molecular complexity index is 273. The number of nitrogens with zero attached hydrogens (tertiary/aromatic N) is 4. The van der Waals surface area contributed by atoms with E-state index in [1.54, 1.807) is 0 Å². The van der Waals surface area contributed by atoms with Gasteiger partial charge in [0.15, 0.2) is 0 Å². The minimum atomic E-state index is 0.0188. The molecule has 1 aliphatic carbocycles. The Morgan fingerprint density at radius 3 is 2.57 bits per heavy atom. The summed E-state index contributed by atoms with van der Waals surface area (Å²) in [6.07, 6.45) is 4.46. The maximum atomic E-state index is 11.8. The van der Waals surface area contributed by atoms with Gasteiger partial charge in [-0.15, -0.1) is 0 Å². The quantitative estimate of drug-likeness (QED) is 0.374. The number of hydrogen-bond donors (Lipinski definition) is 0. The lowest BCUT2D eigenvalue weighted by Gasteiger charge is -2.38. The molecule has 0 spiro atoms. The van der Waals surface area contributed by atoms with Crippen LogP contribution in [0.2, 0.25) is 0 Å². The van der Waals surface area contributed by atoms with Crippen LogP contribution in [0, 0.1) is 5.92 Å². The van der Waals surface area contributed by atoms with Gasteiger partial charge in [-0.1, -0.05) is 18.0 Å². The highest BCUT2D eigenvalue weighted by Gasteiger charge is 2.34. The van der Waals surface area contributed by atoms with Crippen molar-refractivity contribution in [2.45, 2.75) is 31.7 Å². The summed E-state index contributed by atoms with van der Waals surface area (Å²) in [7, 11) is 0. The van der Waals surface area contributed by atoms with Crippen LogP contribution in [0.3, 0.4) is 0 Å². The van der Waals surface area contributed by atoms with Crippen LogP contribution in [0.1, 0.15) is 25.7 Å². The van der Waals surface area contributed by atoms with Crippen molar-refractivity contribution in [1.29, 1.82) is 0 Å². The molecule has 0 N–H and O–H groups in total. The fourth-order valence-corrected chi connectivity index (χ4v) is 2.21. The lowest BCUT2D eigenvalue weighted by molar-refractivity contribution is -0.139. The van der Waals surface area contributed by atoms with Crippen molar-refractivity contribution in [2.24, 2.45) is 11.0 Å². The second kappa shape index (κ2) is 3.88. The zero-order chi connectivity index (χ0) is 9.97. The molecule has 0 atom stereocenters. The minimum absolute atomic E-state index is 0.0188. The molecule has 76 valence electrons. The average Bonchev–Trinajstić information content (AvgIpc) is 2.62. The van der Waals surface area contributed by atoms with Crippen LogP contribution < -0.4 is 0 Å². The molecule has 5 heteroatoms. The third-order valence-corrected chi connectivity index (χ3v) is 3.09. The van der Waals surface area contributed by atoms with E-state index in [2.05, 4.69) is 10.0 Å². The molecule has 0 unspecified atom stereocenters. The van der Waals surface area contributed by atoms with Crippen molar-refractivity contribution in [3.05, 3.63) is 10.4 Å². The van der Waals surface area contributed by atoms with E-state index in [9.17, 15) is 4.79 Å². The Morgan fingerprint density at radius 2 is 2.00 bits per heavy atom. The summed E-state index contributed by atoms with van der Waals surface area (Å²) in [4.78, 5) is 16.3. The van der Waals surface area contributed by atoms with Gasteiger partial charge in [0, 0.05) is 23.9 Å². The summed E-state index contributed by atoms with van der Waals surface area (Å²) < 4.78 is 0. The topological polar surface area (TPSA) is 69.1 Å². The van der Waals surface area contributed by atoms with Gasteiger partial charge < -0.3 is 4.90 Å². The first-order chi connectivity index (χ1) is 6.81. The van der Waals surface area contributed by atoms with E-state index in [0.29, 0.717) is 13.1 Å². The monoisotopic (exact) mass is 194 g/mol. The van der Waals surface area contributed by atoms with Crippen molar-refractivity contribution in [2.75, 3.05) is 13.1 Å². The third-order valence-electron chi connectivity index (χ3n) is 3.09. The molecule has 2 rings (SSSR count). The van der Waals surface area contributed by atoms with Gasteiger partial charge in [-0.2, -0.15) is 0 Å². The van der Waals surface area contributed by atoms with Gasteiger partial charge >= 0.3 is 0 Å². The van der Waals surface area contributed by atoms with E-state index in [-0.39, 0.29) is 17.9 Å². The molecular formula is C9H14N4O. The van der Waals surface area contributed by atoms with Crippen LogP contribution in [0.15, 0.2) is 5.11 Å². The molecule has 1 heterocycles. The van der Waals surface area contributed by atoms with Crippen molar-refractivity contribution >= 4 is 5.91 Å². The highest BCUT2D eigenvalue weighted by Crippen LogP contribution is 2.28. The van der Waals surface area contributed by atoms with Gasteiger partial charge in [-0.25, -0.2) is 0 Å². The van der Waals surface area contributed by atoms with Crippen LogP contribution >= 0.6 is 0 Å². The van der Waals surface area contributed by atoms with Gasteiger partial charge in [0.2, 0.25) is 5.91 Å². The van der Waals surface area contributed by atoms with E-state index >= 15 is 0 Å². The predicted octanol–water partition coefficient (Wildman–Crippen LogP) is 1.70. The molecule has 1 aliphatic heterocycles. The zero-order valence-electron chi connectivity index (χ0n) is 8.09. The third kappa shape index (κ3) is 1.68. The number of likely N-dealkylation sites (tertiary alicyclic amines) is 1. The second-order valence-electron chi connectivity index (χ2n) is 4.08. The summed E-state index contributed by atoms with van der Waals surface area (Å²) in [5.74, 6) is 0.522. The minimum Gasteiger partial charge on any atom is -0.341 e. The van der Waals surface area contributed by atoms with Crippen LogP contribution in [0.4, 0.5) is 0 Å². The van der Waals surface area contributed by atoms with Crippen LogP contribution in [0.25, 0.3) is 10.4 Å². The van der Waals surface area contributed by atoms with Crippen molar-refractivity contribution in [1.82, 2.24) is 4.90 Å². The molecule has 0 radical (unpaired) electrons. The summed E-state index contributed by atoms with van der Waals surface area (Å²) in [6.45, 7) is 1.25. The average molecular weight is 194 g/mol. The van der Waals surface area contributed by atoms with Crippen LogP contribution in [0.5, 0.6) is 0 Å². The lowest BCUT2D eigenvalue weighted by atomic mass is 10.0. The molecule has 14 heavy (non-hydrogen) atoms. The van der Waals surface area contributed by atoms with E-state index in [1.165, 1.54) is 12.8 Å². The van der Waals surface area contributed by atoms with E-state index in [4.69, 9.17) is 5.53 Å². The second-order valence-corrected chi connectivity index (χ2v) is 4.08. The Morgan fingerprint density at radius 1 is 1.36 bits per heavy atom. The molecule has 0 bridgehead atoms. The molecule has 1 saturated heterocycles. The predicted molar refractivity (Wildman–Crippen MR) is 51.5 cm³/mol. The zero-order valence-corrected chi connectivity index (χ0v) is 8.09. The molecule has 0 aromatic rings. The summed E-state index contributed by atoms with van der Waals surface area (Å²) in [5, 5.41) is 3.58. The Kier molecular flexibility index (Phi) is 2.59. The standard InChI is InChI=1S/C9H14N4O/c10-12-11-8-5-13(6-8)9(14)7-3-1-2-4-7/h7-8H,1-6H2. The first-order valence-electron chi connectivity index (χ1n) is 5.14. The first kappa shape index (κ1) is 9.34. The fourth-order valence-electron chi connectivity index (χ4n) is 2.21. The molecule has 2 aliphatic rings. The van der Waals surface area contributed by atoms with E-state index < -0.39 is 0 Å². The highest BCUT2D eigenvalue weighted by molar-refractivity contribution is 5.80. The molecule has 0 aromatic carbocycles. The highest BCUT2D eigenvalue weighted by atomic mass is 16.2. The molecule has 2 fully saturated rings. The van der Waals surface area contributed by atoms with Gasteiger partial charge in [-0.3, -0.25) is 4.79 Å². The van der Waals surface area contributed by atoms with Gasteiger partial charge in [0.05, 0.1) is 6.04 Å². The van der Waals surface area contributed by atoms with E-state index in [0.717, 1.165) is 12.8 Å². The molecular weight excluding hydrogens is 180 g/mol. The first-order valence-corrected chi connectivity index (χ1v) is 5.14. The number of rotatable bonds is 2. The Hall–Kier alpha value is -1.22. The van der Waals surface area contributed by atoms with Gasteiger partial charge in [0.1, 0.15) is 0 Å². The maximum Gasteiger partial charge on any atom is 0.225 e. The van der Waals surface area contributed by atoms with Crippen LogP contribution in [-0.4, -0.2) is 29.9 Å². The number of carbonyl (C=O) groups excluding carboxylic acids is 1. The fraction of sp³-hybridized carbons (Fsp3) is 0.889. The normalized spacial score (nSPS) is 23.0. The number of hydrogen-bond acceptors (Lipinski definition) is 2. The van der Waals surface area contributed by atoms with Gasteiger partial charge in [-0.05, 0) is 18.4 Å². The maximum absolute atomic E-state index is 11.8. The molecule has 1 amide bonds. The summed E-state index contributed by atoms with van der Waals surface area (Å²) >= 11 is 0. The summed E-state index contributed by atoms with van der Waals surface area (Å²) in [6, 6.07) is 0.0188. The Balaban J connectivity index is 1.81. The molecule has 5 nitrogen and oxygen atoms in total. The Labute approximate surface area is 82.7 Å². The molecule has 0 aromatic heterocycles. The van der Waals surface area contributed by atoms with Crippen molar-refractivity contribution < 1.29 is 4.79 Å². The number of azide groups is 1. The lowest BCUT2D eigenvalue weighted by Crippen LogP contribution is -2.54. The van der Waals surface area contributed by atoms with Crippen LogP contribution in [-0.2, 0) is 4.79 Å². The van der Waals surface area contributed by atoms with Crippen molar-refractivity contribution in [3.63, 3.8) is 0 Å². The molecule has 1 saturated carbocycles. The van der Waals surface area contributed by atoms with E-state index in [1.807, 2.05) is 4.90 Å².